The molecule has 7 heteroatoms. The maximum absolute atomic E-state index is 12.8. The number of nitrogens with zero attached hydrogens (tertiary/aromatic N) is 1. The van der Waals surface area contributed by atoms with E-state index in [0.717, 1.165) is 11.1 Å². The molecule has 2 heterocycles. The average molecular weight is 384 g/mol. The molecule has 0 unspecified atom stereocenters. The van der Waals surface area contributed by atoms with E-state index < -0.39 is 6.04 Å². The highest BCUT2D eigenvalue weighted by Crippen LogP contribution is 2.48. The number of fused-ring (bicyclic) bond motifs is 3. The van der Waals surface area contributed by atoms with Crippen LogP contribution in [0.2, 0.25) is 0 Å². The van der Waals surface area contributed by atoms with E-state index in [4.69, 9.17) is 9.47 Å². The van der Waals surface area contributed by atoms with E-state index in [-0.39, 0.29) is 17.2 Å². The van der Waals surface area contributed by atoms with Crippen LogP contribution in [0, 0.1) is 0 Å². The first kappa shape index (κ1) is 17.7. The molecule has 2 atom stereocenters. The first-order valence-corrected chi connectivity index (χ1v) is 9.70. The smallest absolute Gasteiger partial charge is 0.256 e. The number of carbonyl (C=O) groups excluding carboxylic acids is 2. The summed E-state index contributed by atoms with van der Waals surface area (Å²) in [4.78, 5) is 27.2. The number of nitrogens with one attached hydrogen (secondary N) is 1. The van der Waals surface area contributed by atoms with Gasteiger partial charge in [-0.15, -0.1) is 11.8 Å². The van der Waals surface area contributed by atoms with Gasteiger partial charge < -0.3 is 19.7 Å². The zero-order valence-corrected chi connectivity index (χ0v) is 15.9. The van der Waals surface area contributed by atoms with Crippen molar-refractivity contribution in [2.45, 2.75) is 18.0 Å². The standard InChI is InChI=1S/C20H20N2O4S/c1-25-16-8-7-12(9-17(16)26-2)10-21-18(23)15-11-27-20-14-6-4-3-5-13(14)19(24)22(15)20/h3-9,15,20H,10-11H2,1-2H3,(H,21,23)/t15-,20+/m1/s1. The quantitative estimate of drug-likeness (QED) is 0.858. The lowest BCUT2D eigenvalue weighted by Crippen LogP contribution is -2.45. The third kappa shape index (κ3) is 3.02. The molecule has 0 radical (unpaired) electrons. The molecule has 27 heavy (non-hydrogen) atoms. The van der Waals surface area contributed by atoms with E-state index in [1.165, 1.54) is 0 Å². The van der Waals surface area contributed by atoms with Gasteiger partial charge in [0.05, 0.1) is 14.2 Å². The van der Waals surface area contributed by atoms with Gasteiger partial charge in [-0.2, -0.15) is 0 Å². The Morgan fingerprint density at radius 1 is 1.19 bits per heavy atom. The van der Waals surface area contributed by atoms with E-state index in [0.29, 0.717) is 29.4 Å². The van der Waals surface area contributed by atoms with Gasteiger partial charge in [0.2, 0.25) is 5.91 Å². The molecule has 1 N–H and O–H groups in total. The number of ether oxygens (including phenoxy) is 2. The Hall–Kier alpha value is -2.67. The highest BCUT2D eigenvalue weighted by Gasteiger charge is 2.48. The summed E-state index contributed by atoms with van der Waals surface area (Å²) in [5.74, 6) is 1.66. The number of hydrogen-bond donors (Lipinski definition) is 1. The maximum atomic E-state index is 12.8. The molecule has 2 aliphatic rings. The lowest BCUT2D eigenvalue weighted by molar-refractivity contribution is -0.124. The predicted molar refractivity (Wildman–Crippen MR) is 103 cm³/mol. The Labute approximate surface area is 161 Å². The SMILES string of the molecule is COc1ccc(CNC(=O)[C@H]2CS[C@H]3c4ccccc4C(=O)N23)cc1OC. The lowest BCUT2D eigenvalue weighted by Gasteiger charge is -2.22. The summed E-state index contributed by atoms with van der Waals surface area (Å²) >= 11 is 1.64. The largest absolute Gasteiger partial charge is 0.493 e. The number of hydrogen-bond acceptors (Lipinski definition) is 5. The number of rotatable bonds is 5. The predicted octanol–water partition coefficient (Wildman–Crippen LogP) is 2.59. The molecule has 0 spiro atoms. The zero-order valence-electron chi connectivity index (χ0n) is 15.1. The zero-order chi connectivity index (χ0) is 19.0. The van der Waals surface area contributed by atoms with E-state index in [9.17, 15) is 9.59 Å². The number of carbonyl (C=O) groups is 2. The van der Waals surface area contributed by atoms with Gasteiger partial charge in [0.25, 0.3) is 5.91 Å². The van der Waals surface area contributed by atoms with Gasteiger partial charge in [0.1, 0.15) is 11.4 Å². The van der Waals surface area contributed by atoms with Crippen molar-refractivity contribution >= 4 is 23.6 Å². The first-order valence-electron chi connectivity index (χ1n) is 8.66. The minimum absolute atomic E-state index is 0.0631. The summed E-state index contributed by atoms with van der Waals surface area (Å²) in [6, 6.07) is 12.6. The van der Waals surface area contributed by atoms with Crippen LogP contribution in [0.25, 0.3) is 0 Å². The lowest BCUT2D eigenvalue weighted by atomic mass is 10.1. The Kier molecular flexibility index (Phi) is 4.70. The summed E-state index contributed by atoms with van der Waals surface area (Å²) in [5.41, 5.74) is 2.61. The van der Waals surface area contributed by atoms with E-state index in [2.05, 4.69) is 5.32 Å². The number of benzene rings is 2. The average Bonchev–Trinajstić information content (AvgIpc) is 3.26. The molecule has 1 fully saturated rings. The second kappa shape index (κ2) is 7.15. The van der Waals surface area contributed by atoms with Crippen LogP contribution in [0.15, 0.2) is 42.5 Å². The van der Waals surface area contributed by atoms with E-state index in [1.807, 2.05) is 42.5 Å². The third-order valence-electron chi connectivity index (χ3n) is 4.91. The van der Waals surface area contributed by atoms with Crippen molar-refractivity contribution in [3.05, 3.63) is 59.2 Å². The van der Waals surface area contributed by atoms with Crippen molar-refractivity contribution in [2.75, 3.05) is 20.0 Å². The summed E-state index contributed by atoms with van der Waals surface area (Å²) in [7, 11) is 3.16. The molecule has 0 aromatic heterocycles. The fourth-order valence-electron chi connectivity index (χ4n) is 3.54. The molecule has 4 rings (SSSR count). The molecule has 6 nitrogen and oxygen atoms in total. The fraction of sp³-hybridized carbons (Fsp3) is 0.300. The second-order valence-electron chi connectivity index (χ2n) is 6.41. The van der Waals surface area contributed by atoms with Gasteiger partial charge in [0.15, 0.2) is 11.5 Å². The van der Waals surface area contributed by atoms with Crippen LogP contribution >= 0.6 is 11.8 Å². The number of amides is 2. The Bertz CT molecular complexity index is 901. The highest BCUT2D eigenvalue weighted by atomic mass is 32.2. The molecule has 0 aliphatic carbocycles. The highest BCUT2D eigenvalue weighted by molar-refractivity contribution is 7.99. The Morgan fingerprint density at radius 2 is 1.96 bits per heavy atom. The first-order chi connectivity index (χ1) is 13.1. The van der Waals surface area contributed by atoms with Gasteiger partial charge >= 0.3 is 0 Å². The molecule has 2 aliphatic heterocycles. The number of thioether (sulfide) groups is 1. The monoisotopic (exact) mass is 384 g/mol. The van der Waals surface area contributed by atoms with Gasteiger partial charge in [-0.3, -0.25) is 9.59 Å². The van der Waals surface area contributed by atoms with Crippen molar-refractivity contribution in [3.8, 4) is 11.5 Å². The Balaban J connectivity index is 1.45. The van der Waals surface area contributed by atoms with E-state index >= 15 is 0 Å². The normalized spacial score (nSPS) is 20.2. The van der Waals surface area contributed by atoms with Crippen LogP contribution in [-0.4, -0.2) is 42.7 Å². The van der Waals surface area contributed by atoms with Crippen molar-refractivity contribution in [1.82, 2.24) is 10.2 Å². The molecular weight excluding hydrogens is 364 g/mol. The third-order valence-corrected chi connectivity index (χ3v) is 6.21. The fourth-order valence-corrected chi connectivity index (χ4v) is 5.00. The van der Waals surface area contributed by atoms with Gasteiger partial charge in [-0.1, -0.05) is 24.3 Å². The van der Waals surface area contributed by atoms with Crippen LogP contribution in [-0.2, 0) is 11.3 Å². The minimum atomic E-state index is -0.458. The van der Waals surface area contributed by atoms with Crippen LogP contribution < -0.4 is 14.8 Å². The Morgan fingerprint density at radius 3 is 2.74 bits per heavy atom. The molecule has 1 saturated heterocycles. The van der Waals surface area contributed by atoms with Crippen molar-refractivity contribution < 1.29 is 19.1 Å². The molecular formula is C20H20N2O4S. The topological polar surface area (TPSA) is 67.9 Å². The molecule has 140 valence electrons. The van der Waals surface area contributed by atoms with Gasteiger partial charge in [-0.05, 0) is 29.3 Å². The van der Waals surface area contributed by atoms with E-state index in [1.54, 1.807) is 30.9 Å². The second-order valence-corrected chi connectivity index (χ2v) is 7.52. The van der Waals surface area contributed by atoms with Crippen molar-refractivity contribution in [1.29, 1.82) is 0 Å². The molecule has 0 saturated carbocycles. The minimum Gasteiger partial charge on any atom is -0.493 e. The molecule has 2 aromatic carbocycles. The number of methoxy groups -OCH3 is 2. The molecule has 2 aromatic rings. The molecule has 0 bridgehead atoms. The summed E-state index contributed by atoms with van der Waals surface area (Å²) in [6.45, 7) is 0.361. The van der Waals surface area contributed by atoms with Crippen LogP contribution in [0.3, 0.4) is 0 Å². The molecule has 2 amide bonds. The van der Waals surface area contributed by atoms with Crippen molar-refractivity contribution in [3.63, 3.8) is 0 Å². The van der Waals surface area contributed by atoms with Crippen LogP contribution in [0.5, 0.6) is 11.5 Å². The maximum Gasteiger partial charge on any atom is 0.256 e. The summed E-state index contributed by atoms with van der Waals surface area (Å²) in [6.07, 6.45) is 0. The van der Waals surface area contributed by atoms with Gasteiger partial charge in [0, 0.05) is 17.9 Å². The summed E-state index contributed by atoms with van der Waals surface area (Å²) < 4.78 is 10.5. The summed E-state index contributed by atoms with van der Waals surface area (Å²) in [5, 5.41) is 2.88. The van der Waals surface area contributed by atoms with Gasteiger partial charge in [-0.25, -0.2) is 0 Å². The van der Waals surface area contributed by atoms with Crippen LogP contribution in [0.1, 0.15) is 26.9 Å². The van der Waals surface area contributed by atoms with Crippen molar-refractivity contribution in [2.24, 2.45) is 0 Å². The van der Waals surface area contributed by atoms with Crippen LogP contribution in [0.4, 0.5) is 0 Å².